The second kappa shape index (κ2) is 9.63. The van der Waals surface area contributed by atoms with Crippen molar-refractivity contribution in [1.29, 1.82) is 0 Å². The molecule has 1 atom stereocenters. The van der Waals surface area contributed by atoms with E-state index in [2.05, 4.69) is 33.0 Å². The number of carbonyl (C=O) groups is 1. The highest BCUT2D eigenvalue weighted by atomic mass is 32.2. The van der Waals surface area contributed by atoms with Gasteiger partial charge in [0.05, 0.1) is 27.8 Å². The topological polar surface area (TPSA) is 86.7 Å². The number of aromatic nitrogens is 4. The molecule has 30 heavy (non-hydrogen) atoms. The summed E-state index contributed by atoms with van der Waals surface area (Å²) in [6.45, 7) is 2.59. The van der Waals surface area contributed by atoms with E-state index >= 15 is 0 Å². The Labute approximate surface area is 187 Å². The molecule has 0 saturated carbocycles. The number of hydrogen-bond donors (Lipinski definition) is 1. The molecule has 2 N–H and O–H groups in total. The quantitative estimate of drug-likeness (QED) is 0.372. The minimum Gasteiger partial charge on any atom is -0.369 e. The fraction of sp³-hybridized carbons (Fsp3) is 0.238. The number of thiazole rings is 1. The van der Waals surface area contributed by atoms with Gasteiger partial charge in [-0.25, -0.2) is 4.98 Å². The molecule has 1 unspecified atom stereocenters. The zero-order valence-corrected chi connectivity index (χ0v) is 18.8. The summed E-state index contributed by atoms with van der Waals surface area (Å²) in [5.74, 6) is 1.17. The first kappa shape index (κ1) is 20.9. The molecular formula is C21H21N5OS3. The summed E-state index contributed by atoms with van der Waals surface area (Å²) >= 11 is 4.71. The molecule has 0 fully saturated rings. The third kappa shape index (κ3) is 4.85. The molecule has 4 rings (SSSR count). The Morgan fingerprint density at radius 1 is 1.13 bits per heavy atom. The van der Waals surface area contributed by atoms with E-state index in [1.54, 1.807) is 23.1 Å². The number of nitrogens with zero attached hydrogens (tertiary/aromatic N) is 4. The second-order valence-corrected chi connectivity index (χ2v) is 10.0. The molecule has 2 heterocycles. The van der Waals surface area contributed by atoms with Crippen LogP contribution < -0.4 is 5.73 Å². The van der Waals surface area contributed by atoms with Crippen LogP contribution in [0, 0.1) is 0 Å². The first-order valence-corrected chi connectivity index (χ1v) is 12.2. The van der Waals surface area contributed by atoms with Crippen molar-refractivity contribution >= 4 is 51.0 Å². The van der Waals surface area contributed by atoms with Crippen LogP contribution >= 0.6 is 34.9 Å². The first-order chi connectivity index (χ1) is 14.6. The van der Waals surface area contributed by atoms with E-state index in [1.807, 2.05) is 43.3 Å². The minimum atomic E-state index is -0.331. The van der Waals surface area contributed by atoms with Crippen molar-refractivity contribution in [3.63, 3.8) is 0 Å². The second-order valence-electron chi connectivity index (χ2n) is 6.62. The molecule has 0 aliphatic heterocycles. The van der Waals surface area contributed by atoms with Crippen LogP contribution in [0.5, 0.6) is 0 Å². The predicted octanol–water partition coefficient (Wildman–Crippen LogP) is 4.58. The van der Waals surface area contributed by atoms with Crippen molar-refractivity contribution in [1.82, 2.24) is 19.7 Å². The number of nitrogens with two attached hydrogens (primary N) is 1. The molecule has 1 amide bonds. The molecule has 0 aliphatic carbocycles. The van der Waals surface area contributed by atoms with Crippen LogP contribution in [0.15, 0.2) is 64.1 Å². The van der Waals surface area contributed by atoms with Crippen LogP contribution in [0.2, 0.25) is 0 Å². The van der Waals surface area contributed by atoms with Crippen LogP contribution in [0.3, 0.4) is 0 Å². The molecule has 154 valence electrons. The Kier molecular flexibility index (Phi) is 6.71. The predicted molar refractivity (Wildman–Crippen MR) is 124 cm³/mol. The Balaban J connectivity index is 1.58. The van der Waals surface area contributed by atoms with Gasteiger partial charge < -0.3 is 10.3 Å². The van der Waals surface area contributed by atoms with Crippen molar-refractivity contribution < 1.29 is 4.79 Å². The van der Waals surface area contributed by atoms with Gasteiger partial charge in [0.1, 0.15) is 5.82 Å². The van der Waals surface area contributed by atoms with E-state index in [-0.39, 0.29) is 11.2 Å². The molecule has 2 aromatic heterocycles. The molecule has 6 nitrogen and oxygen atoms in total. The number of primary amides is 1. The number of carbonyl (C=O) groups excluding carboxylic acids is 1. The average molecular weight is 456 g/mol. The van der Waals surface area contributed by atoms with Crippen LogP contribution in [-0.4, -0.2) is 30.9 Å². The monoisotopic (exact) mass is 455 g/mol. The summed E-state index contributed by atoms with van der Waals surface area (Å²) in [4.78, 5) is 16.4. The normalized spacial score (nSPS) is 12.3. The minimum absolute atomic E-state index is 0.325. The van der Waals surface area contributed by atoms with Crippen molar-refractivity contribution in [3.8, 4) is 0 Å². The molecule has 0 aliphatic rings. The maximum Gasteiger partial charge on any atom is 0.231 e. The first-order valence-electron chi connectivity index (χ1n) is 9.54. The number of para-hydroxylation sites is 1. The Hall–Kier alpha value is -2.36. The summed E-state index contributed by atoms with van der Waals surface area (Å²) in [5, 5.41) is 9.19. The summed E-state index contributed by atoms with van der Waals surface area (Å²) < 4.78 is 4.25. The van der Waals surface area contributed by atoms with E-state index in [4.69, 9.17) is 10.7 Å². The van der Waals surface area contributed by atoms with Gasteiger partial charge >= 0.3 is 0 Å². The zero-order chi connectivity index (χ0) is 20.9. The summed E-state index contributed by atoms with van der Waals surface area (Å²) in [5.41, 5.74) is 7.71. The third-order valence-corrected chi connectivity index (χ3v) is 8.05. The Morgan fingerprint density at radius 2 is 1.90 bits per heavy atom. The highest BCUT2D eigenvalue weighted by Gasteiger charge is 2.21. The summed E-state index contributed by atoms with van der Waals surface area (Å²) in [6.07, 6.45) is 0.647. The zero-order valence-electron chi connectivity index (χ0n) is 16.4. The number of thioether (sulfide) groups is 2. The van der Waals surface area contributed by atoms with Gasteiger partial charge in [-0.05, 0) is 24.1 Å². The average Bonchev–Trinajstić information content (AvgIpc) is 3.34. The van der Waals surface area contributed by atoms with Gasteiger partial charge in [0, 0.05) is 0 Å². The lowest BCUT2D eigenvalue weighted by Gasteiger charge is -2.13. The number of hydrogen-bond acceptors (Lipinski definition) is 7. The number of amides is 1. The summed E-state index contributed by atoms with van der Waals surface area (Å²) in [6, 6.07) is 18.3. The highest BCUT2D eigenvalue weighted by Crippen LogP contribution is 2.32. The smallest absolute Gasteiger partial charge is 0.231 e. The van der Waals surface area contributed by atoms with E-state index in [0.717, 1.165) is 21.2 Å². The number of rotatable bonds is 9. The van der Waals surface area contributed by atoms with Crippen molar-refractivity contribution in [2.75, 3.05) is 0 Å². The van der Waals surface area contributed by atoms with E-state index in [1.165, 1.54) is 16.5 Å². The molecule has 0 spiro atoms. The lowest BCUT2D eigenvalue weighted by molar-refractivity contribution is -0.117. The van der Waals surface area contributed by atoms with E-state index < -0.39 is 0 Å². The van der Waals surface area contributed by atoms with Gasteiger partial charge in [-0.3, -0.25) is 4.79 Å². The molecular weight excluding hydrogens is 434 g/mol. The van der Waals surface area contributed by atoms with Crippen molar-refractivity contribution in [3.05, 3.63) is 66.0 Å². The number of benzene rings is 2. The fourth-order valence-electron chi connectivity index (χ4n) is 2.95. The Bertz CT molecular complexity index is 1110. The van der Waals surface area contributed by atoms with Gasteiger partial charge in [-0.2, -0.15) is 0 Å². The van der Waals surface area contributed by atoms with Gasteiger partial charge in [0.2, 0.25) is 5.91 Å². The molecule has 0 radical (unpaired) electrons. The van der Waals surface area contributed by atoms with Gasteiger partial charge in [0.25, 0.3) is 0 Å². The lowest BCUT2D eigenvalue weighted by Crippen LogP contribution is -2.25. The lowest BCUT2D eigenvalue weighted by atomic mass is 10.2. The standard InChI is InChI=1S/C21H21N5OS3/c1-2-16(19(22)27)29-20-25-24-18(26(20)12-14-8-4-3-5-9-14)13-28-21-23-15-10-6-7-11-17(15)30-21/h3-11,16H,2,12-13H2,1H3,(H2,22,27). The van der Waals surface area contributed by atoms with Crippen LogP contribution in [0.1, 0.15) is 24.7 Å². The Morgan fingerprint density at radius 3 is 2.63 bits per heavy atom. The number of fused-ring (bicyclic) bond motifs is 1. The van der Waals surface area contributed by atoms with Crippen LogP contribution in [0.25, 0.3) is 10.2 Å². The van der Waals surface area contributed by atoms with Crippen LogP contribution in [0.4, 0.5) is 0 Å². The molecule has 4 aromatic rings. The van der Waals surface area contributed by atoms with E-state index in [9.17, 15) is 4.79 Å². The maximum atomic E-state index is 11.7. The fourth-order valence-corrected chi connectivity index (χ4v) is 5.88. The van der Waals surface area contributed by atoms with Crippen LogP contribution in [-0.2, 0) is 17.1 Å². The third-order valence-electron chi connectivity index (χ3n) is 4.51. The largest absolute Gasteiger partial charge is 0.369 e. The van der Waals surface area contributed by atoms with E-state index in [0.29, 0.717) is 23.9 Å². The van der Waals surface area contributed by atoms with Gasteiger partial charge in [-0.15, -0.1) is 21.5 Å². The summed E-state index contributed by atoms with van der Waals surface area (Å²) in [7, 11) is 0. The van der Waals surface area contributed by atoms with Gasteiger partial charge in [0.15, 0.2) is 9.50 Å². The SMILES string of the molecule is CCC(Sc1nnc(CSc2nc3ccccc3s2)n1Cc1ccccc1)C(N)=O. The maximum absolute atomic E-state index is 11.7. The molecule has 0 bridgehead atoms. The molecule has 2 aromatic carbocycles. The highest BCUT2D eigenvalue weighted by molar-refractivity contribution is 8.00. The van der Waals surface area contributed by atoms with Crippen molar-refractivity contribution in [2.24, 2.45) is 5.73 Å². The molecule has 9 heteroatoms. The van der Waals surface area contributed by atoms with Gasteiger partial charge in [-0.1, -0.05) is 72.9 Å². The molecule has 0 saturated heterocycles. The van der Waals surface area contributed by atoms with Crippen molar-refractivity contribution in [2.45, 2.75) is 40.4 Å².